The maximum absolute atomic E-state index is 11.7. The van der Waals surface area contributed by atoms with Crippen LogP contribution in [0.3, 0.4) is 0 Å². The number of rotatable bonds is 6. The Balaban J connectivity index is 1.27. The summed E-state index contributed by atoms with van der Waals surface area (Å²) >= 11 is 0. The molecule has 0 unspecified atom stereocenters. The second-order valence-electron chi connectivity index (χ2n) is 19.0. The van der Waals surface area contributed by atoms with Crippen LogP contribution in [0.5, 0.6) is 5.75 Å². The number of aromatic nitrogens is 3. The quantitative estimate of drug-likeness (QED) is 0.182. The summed E-state index contributed by atoms with van der Waals surface area (Å²) in [4.78, 5) is 10.6. The number of phenols is 1. The summed E-state index contributed by atoms with van der Waals surface area (Å²) in [7, 11) is 0. The number of fused-ring (bicyclic) bond motifs is 3. The van der Waals surface area contributed by atoms with Crippen LogP contribution in [0.1, 0.15) is 58.2 Å². The van der Waals surface area contributed by atoms with Crippen LogP contribution in [0.4, 0.5) is 0 Å². The largest absolute Gasteiger partial charge is 0.507 e. The van der Waals surface area contributed by atoms with Crippen molar-refractivity contribution >= 4 is 32.7 Å². The lowest BCUT2D eigenvalue weighted by atomic mass is 9.86. The number of pyridine rings is 1. The maximum Gasteiger partial charge on any atom is 0.149 e. The first-order chi connectivity index (χ1) is 30.3. The molecule has 10 aromatic rings. The van der Waals surface area contributed by atoms with Crippen LogP contribution in [0.15, 0.2) is 176 Å². The molecule has 308 valence electrons. The van der Waals surface area contributed by atoms with Crippen molar-refractivity contribution in [2.45, 2.75) is 59.3 Å². The van der Waals surface area contributed by atoms with E-state index in [1.54, 1.807) is 0 Å². The molecule has 8 aromatic carbocycles. The molecule has 63 heavy (non-hydrogen) atoms. The fourth-order valence-corrected chi connectivity index (χ4v) is 8.93. The Morgan fingerprint density at radius 2 is 1.10 bits per heavy atom. The fraction of sp³-hybridized carbons (Fsp3) is 0.153. The number of benzene rings is 8. The number of aromatic hydroxyl groups is 1. The van der Waals surface area contributed by atoms with Gasteiger partial charge in [0.1, 0.15) is 11.6 Å². The van der Waals surface area contributed by atoms with Crippen molar-refractivity contribution in [3.63, 3.8) is 0 Å². The molecule has 0 aliphatic carbocycles. The average molecular weight is 818 g/mol. The Bertz CT molecular complexity index is 3360. The van der Waals surface area contributed by atoms with E-state index in [9.17, 15) is 5.11 Å². The molecule has 0 radical (unpaired) electrons. The van der Waals surface area contributed by atoms with Crippen LogP contribution < -0.4 is 0 Å². The lowest BCUT2D eigenvalue weighted by molar-refractivity contribution is 0.475. The Morgan fingerprint density at radius 3 is 1.81 bits per heavy atom. The highest BCUT2D eigenvalue weighted by Gasteiger charge is 2.25. The summed E-state index contributed by atoms with van der Waals surface area (Å²) in [5.41, 5.74) is 16.5. The van der Waals surface area contributed by atoms with E-state index in [-0.39, 0.29) is 16.6 Å². The second-order valence-corrected chi connectivity index (χ2v) is 19.0. The van der Waals surface area contributed by atoms with Gasteiger partial charge >= 0.3 is 0 Å². The SMILES string of the molecule is Cc1ccnc2c(-c3cccc(-c4cc(-c5ccc6ccccc6c5)cc5c4nc(-c4cc(C(C)(C)C)ccc4O)n5-c4ccc(C(C)(C)C)cc4)c3)cc(-c3ccccc3)cc12. The van der Waals surface area contributed by atoms with Gasteiger partial charge in [0.15, 0.2) is 0 Å². The lowest BCUT2D eigenvalue weighted by Crippen LogP contribution is -2.11. The second kappa shape index (κ2) is 15.3. The fourth-order valence-electron chi connectivity index (χ4n) is 8.93. The molecule has 4 nitrogen and oxygen atoms in total. The van der Waals surface area contributed by atoms with Gasteiger partial charge in [-0.3, -0.25) is 9.55 Å². The van der Waals surface area contributed by atoms with Crippen molar-refractivity contribution in [2.24, 2.45) is 0 Å². The first kappa shape index (κ1) is 39.8. The van der Waals surface area contributed by atoms with E-state index in [4.69, 9.17) is 9.97 Å². The van der Waals surface area contributed by atoms with E-state index in [2.05, 4.69) is 211 Å². The molecule has 2 aromatic heterocycles. The first-order valence-corrected chi connectivity index (χ1v) is 21.9. The molecule has 0 fully saturated rings. The van der Waals surface area contributed by atoms with Gasteiger partial charge in [0, 0.05) is 28.4 Å². The number of hydrogen-bond acceptors (Lipinski definition) is 3. The van der Waals surface area contributed by atoms with Crippen LogP contribution >= 0.6 is 0 Å². The van der Waals surface area contributed by atoms with E-state index in [0.717, 1.165) is 77.7 Å². The van der Waals surface area contributed by atoms with Crippen molar-refractivity contribution in [3.8, 4) is 67.3 Å². The van der Waals surface area contributed by atoms with E-state index in [0.29, 0.717) is 11.4 Å². The minimum Gasteiger partial charge on any atom is -0.507 e. The number of nitrogens with zero attached hydrogens (tertiary/aromatic N) is 3. The lowest BCUT2D eigenvalue weighted by Gasteiger charge is -2.21. The monoisotopic (exact) mass is 817 g/mol. The summed E-state index contributed by atoms with van der Waals surface area (Å²) < 4.78 is 2.24. The molecule has 0 amide bonds. The summed E-state index contributed by atoms with van der Waals surface area (Å²) in [6.07, 6.45) is 1.91. The van der Waals surface area contributed by atoms with Crippen LogP contribution in [-0.4, -0.2) is 19.6 Å². The van der Waals surface area contributed by atoms with Gasteiger partial charge in [-0.15, -0.1) is 0 Å². The minimum atomic E-state index is -0.141. The minimum absolute atomic E-state index is 0.0146. The van der Waals surface area contributed by atoms with Gasteiger partial charge in [0.25, 0.3) is 0 Å². The van der Waals surface area contributed by atoms with Crippen molar-refractivity contribution in [1.82, 2.24) is 14.5 Å². The molecule has 0 spiro atoms. The van der Waals surface area contributed by atoms with Crippen molar-refractivity contribution < 1.29 is 5.11 Å². The third kappa shape index (κ3) is 7.36. The van der Waals surface area contributed by atoms with Gasteiger partial charge in [-0.1, -0.05) is 145 Å². The Kier molecular flexibility index (Phi) is 9.64. The summed E-state index contributed by atoms with van der Waals surface area (Å²) in [5, 5.41) is 15.3. The molecule has 10 rings (SSSR count). The first-order valence-electron chi connectivity index (χ1n) is 21.9. The van der Waals surface area contributed by atoms with Gasteiger partial charge in [-0.2, -0.15) is 0 Å². The van der Waals surface area contributed by atoms with Crippen LogP contribution in [0.25, 0.3) is 94.3 Å². The molecule has 0 atom stereocenters. The third-order valence-electron chi connectivity index (χ3n) is 12.6. The molecule has 2 heterocycles. The van der Waals surface area contributed by atoms with Gasteiger partial charge < -0.3 is 5.11 Å². The number of aryl methyl sites for hydroxylation is 1. The van der Waals surface area contributed by atoms with Crippen LogP contribution in [0, 0.1) is 6.92 Å². The smallest absolute Gasteiger partial charge is 0.149 e. The molecular weight excluding hydrogens is 767 g/mol. The topological polar surface area (TPSA) is 50.9 Å². The van der Waals surface area contributed by atoms with E-state index in [1.807, 2.05) is 18.3 Å². The van der Waals surface area contributed by atoms with E-state index >= 15 is 0 Å². The van der Waals surface area contributed by atoms with Gasteiger partial charge in [0.2, 0.25) is 0 Å². The van der Waals surface area contributed by atoms with E-state index in [1.165, 1.54) is 21.9 Å². The zero-order chi connectivity index (χ0) is 43.6. The Labute approximate surface area is 370 Å². The number of imidazole rings is 1. The number of phenolic OH excluding ortho intramolecular Hbond substituents is 1. The highest BCUT2D eigenvalue weighted by atomic mass is 16.3. The van der Waals surface area contributed by atoms with Crippen LogP contribution in [-0.2, 0) is 10.8 Å². The molecule has 0 saturated carbocycles. The summed E-state index contributed by atoms with van der Waals surface area (Å²) in [6.45, 7) is 15.5. The predicted octanol–water partition coefficient (Wildman–Crippen LogP) is 15.7. The van der Waals surface area contributed by atoms with E-state index < -0.39 is 0 Å². The molecule has 0 aliphatic heterocycles. The van der Waals surface area contributed by atoms with Gasteiger partial charge in [-0.25, -0.2) is 4.98 Å². The van der Waals surface area contributed by atoms with Gasteiger partial charge in [0.05, 0.1) is 22.1 Å². The van der Waals surface area contributed by atoms with Crippen LogP contribution in [0.2, 0.25) is 0 Å². The Morgan fingerprint density at radius 1 is 0.460 bits per heavy atom. The number of hydrogen-bond donors (Lipinski definition) is 1. The highest BCUT2D eigenvalue weighted by Crippen LogP contribution is 2.43. The maximum atomic E-state index is 11.7. The molecular formula is C59H51N3O. The predicted molar refractivity (Wildman–Crippen MR) is 265 cm³/mol. The Hall–Kier alpha value is -7.30. The normalized spacial score (nSPS) is 12.1. The van der Waals surface area contributed by atoms with Crippen molar-refractivity contribution in [3.05, 3.63) is 193 Å². The third-order valence-corrected chi connectivity index (χ3v) is 12.6. The average Bonchev–Trinajstić information content (AvgIpc) is 3.67. The van der Waals surface area contributed by atoms with Crippen molar-refractivity contribution in [2.75, 3.05) is 0 Å². The summed E-state index contributed by atoms with van der Waals surface area (Å²) in [5.74, 6) is 0.878. The molecule has 0 bridgehead atoms. The zero-order valence-electron chi connectivity index (χ0n) is 37.0. The summed E-state index contributed by atoms with van der Waals surface area (Å²) in [6, 6.07) is 60.6. The standard InChI is InChI=1S/C59H51N3O/c1-37-28-29-60-55-49(37)32-44(38-14-9-8-10-15-38)33-50(55)42-18-13-19-43(31-42)51-34-45(41-21-20-39-16-11-12-17-40(39)30-41)35-53-56(51)61-57(52-36-47(59(5,6)7)24-27-54(52)63)62(53)48-25-22-46(23-26-48)58(2,3)4/h8-36,63H,1-7H3. The molecule has 4 heteroatoms. The van der Waals surface area contributed by atoms with Gasteiger partial charge in [-0.05, 0) is 145 Å². The highest BCUT2D eigenvalue weighted by molar-refractivity contribution is 6.03. The van der Waals surface area contributed by atoms with Crippen molar-refractivity contribution in [1.29, 1.82) is 0 Å². The molecule has 0 saturated heterocycles. The molecule has 1 N–H and O–H groups in total. The zero-order valence-corrected chi connectivity index (χ0v) is 37.0. The molecule has 0 aliphatic rings.